The second-order valence-electron chi connectivity index (χ2n) is 6.14. The molecule has 0 saturated carbocycles. The number of amides is 2. The Morgan fingerprint density at radius 1 is 1.19 bits per heavy atom. The Morgan fingerprint density at radius 3 is 2.62 bits per heavy atom. The molecule has 0 saturated heterocycles. The van der Waals surface area contributed by atoms with Crippen LogP contribution in [-0.4, -0.2) is 30.0 Å². The molecular formula is C20H25N3O3. The van der Waals surface area contributed by atoms with Gasteiger partial charge >= 0.3 is 0 Å². The van der Waals surface area contributed by atoms with Gasteiger partial charge in [0.05, 0.1) is 6.04 Å². The summed E-state index contributed by atoms with van der Waals surface area (Å²) in [6.07, 6.45) is 1.76. The van der Waals surface area contributed by atoms with E-state index in [9.17, 15) is 9.59 Å². The number of aromatic nitrogens is 1. The number of hydrogen-bond acceptors (Lipinski definition) is 4. The fourth-order valence-corrected chi connectivity index (χ4v) is 2.38. The number of hydrogen-bond donors (Lipinski definition) is 2. The highest BCUT2D eigenvalue weighted by atomic mass is 16.5. The number of aryl methyl sites for hydroxylation is 2. The smallest absolute Gasteiger partial charge is 0.251 e. The van der Waals surface area contributed by atoms with Gasteiger partial charge in [-0.2, -0.15) is 0 Å². The summed E-state index contributed by atoms with van der Waals surface area (Å²) >= 11 is 0. The van der Waals surface area contributed by atoms with E-state index >= 15 is 0 Å². The molecule has 2 aromatic rings. The van der Waals surface area contributed by atoms with Crippen LogP contribution < -0.4 is 10.6 Å². The van der Waals surface area contributed by atoms with Crippen molar-refractivity contribution >= 4 is 17.5 Å². The highest BCUT2D eigenvalue weighted by Gasteiger charge is 2.14. The van der Waals surface area contributed by atoms with E-state index in [0.29, 0.717) is 17.9 Å². The van der Waals surface area contributed by atoms with Crippen LogP contribution in [0.5, 0.6) is 0 Å². The number of nitrogens with one attached hydrogen (secondary N) is 2. The average molecular weight is 355 g/mol. The first-order chi connectivity index (χ1) is 12.4. The van der Waals surface area contributed by atoms with Crippen molar-refractivity contribution in [2.24, 2.45) is 0 Å². The summed E-state index contributed by atoms with van der Waals surface area (Å²) in [6, 6.07) is 8.91. The lowest BCUT2D eigenvalue weighted by Crippen LogP contribution is -2.27. The van der Waals surface area contributed by atoms with Crippen molar-refractivity contribution in [2.75, 3.05) is 18.5 Å². The largest absolute Gasteiger partial charge is 0.372 e. The van der Waals surface area contributed by atoms with Gasteiger partial charge in [-0.3, -0.25) is 14.6 Å². The van der Waals surface area contributed by atoms with Gasteiger partial charge in [-0.05, 0) is 57.0 Å². The van der Waals surface area contributed by atoms with Gasteiger partial charge in [-0.25, -0.2) is 0 Å². The summed E-state index contributed by atoms with van der Waals surface area (Å²) in [5.41, 5.74) is 3.82. The van der Waals surface area contributed by atoms with Gasteiger partial charge in [-0.15, -0.1) is 0 Å². The van der Waals surface area contributed by atoms with E-state index in [-0.39, 0.29) is 24.5 Å². The Hall–Kier alpha value is -2.73. The number of pyridine rings is 1. The van der Waals surface area contributed by atoms with Crippen LogP contribution in [-0.2, 0) is 9.53 Å². The predicted molar refractivity (Wildman–Crippen MR) is 101 cm³/mol. The highest BCUT2D eigenvalue weighted by Crippen LogP contribution is 2.18. The summed E-state index contributed by atoms with van der Waals surface area (Å²) < 4.78 is 5.10. The van der Waals surface area contributed by atoms with Crippen LogP contribution in [0.1, 0.15) is 47.1 Å². The Labute approximate surface area is 154 Å². The van der Waals surface area contributed by atoms with Crippen LogP contribution in [0.25, 0.3) is 0 Å². The first kappa shape index (κ1) is 19.6. The highest BCUT2D eigenvalue weighted by molar-refractivity contribution is 5.98. The van der Waals surface area contributed by atoms with E-state index in [4.69, 9.17) is 4.74 Å². The monoisotopic (exact) mass is 355 g/mol. The molecule has 0 bridgehead atoms. The summed E-state index contributed by atoms with van der Waals surface area (Å²) in [5.74, 6) is -0.454. The van der Waals surface area contributed by atoms with Gasteiger partial charge in [0.15, 0.2) is 0 Å². The Balaban J connectivity index is 2.07. The van der Waals surface area contributed by atoms with Crippen LogP contribution in [0, 0.1) is 13.8 Å². The molecule has 0 aliphatic rings. The first-order valence-electron chi connectivity index (χ1n) is 8.62. The molecule has 0 aliphatic heterocycles. The number of rotatable bonds is 7. The molecule has 6 heteroatoms. The lowest BCUT2D eigenvalue weighted by Gasteiger charge is -2.15. The molecule has 0 aliphatic carbocycles. The Morgan fingerprint density at radius 2 is 1.96 bits per heavy atom. The normalized spacial score (nSPS) is 11.7. The van der Waals surface area contributed by atoms with Crippen molar-refractivity contribution in [2.45, 2.75) is 33.7 Å². The molecule has 0 fully saturated rings. The topological polar surface area (TPSA) is 80.3 Å². The zero-order chi connectivity index (χ0) is 19.1. The Bertz CT molecular complexity index is 772. The SMILES string of the molecule is CCOCC(=O)Nc1cc(C(=O)NC(C)c2ccc(C)nc2)ccc1C. The Kier molecular flexibility index (Phi) is 6.86. The van der Waals surface area contributed by atoms with Gasteiger partial charge in [0.25, 0.3) is 5.91 Å². The van der Waals surface area contributed by atoms with Gasteiger partial charge in [0, 0.05) is 29.7 Å². The lowest BCUT2D eigenvalue weighted by molar-refractivity contribution is -0.120. The molecule has 1 aromatic carbocycles. The van der Waals surface area contributed by atoms with Crippen LogP contribution in [0.2, 0.25) is 0 Å². The predicted octanol–water partition coefficient (Wildman–Crippen LogP) is 3.16. The first-order valence-corrected chi connectivity index (χ1v) is 8.62. The average Bonchev–Trinajstić information content (AvgIpc) is 2.62. The van der Waals surface area contributed by atoms with Crippen molar-refractivity contribution in [3.63, 3.8) is 0 Å². The number of benzene rings is 1. The van der Waals surface area contributed by atoms with Gasteiger partial charge in [-0.1, -0.05) is 12.1 Å². The summed E-state index contributed by atoms with van der Waals surface area (Å²) in [5, 5.41) is 5.73. The number of anilines is 1. The number of nitrogens with zero attached hydrogens (tertiary/aromatic N) is 1. The second-order valence-corrected chi connectivity index (χ2v) is 6.14. The molecule has 2 amide bonds. The molecule has 1 atom stereocenters. The van der Waals surface area contributed by atoms with E-state index < -0.39 is 0 Å². The van der Waals surface area contributed by atoms with E-state index in [1.807, 2.05) is 45.9 Å². The minimum Gasteiger partial charge on any atom is -0.372 e. The van der Waals surface area contributed by atoms with E-state index in [1.54, 1.807) is 18.3 Å². The summed E-state index contributed by atoms with van der Waals surface area (Å²) in [4.78, 5) is 28.7. The van der Waals surface area contributed by atoms with Crippen LogP contribution in [0.3, 0.4) is 0 Å². The van der Waals surface area contributed by atoms with Crippen molar-refractivity contribution in [1.82, 2.24) is 10.3 Å². The molecule has 0 radical (unpaired) electrons. The summed E-state index contributed by atoms with van der Waals surface area (Å²) in [7, 11) is 0. The maximum absolute atomic E-state index is 12.5. The van der Waals surface area contributed by atoms with E-state index in [0.717, 1.165) is 16.8 Å². The zero-order valence-electron chi connectivity index (χ0n) is 15.6. The molecule has 2 N–H and O–H groups in total. The third-order valence-corrected chi connectivity index (χ3v) is 3.99. The maximum atomic E-state index is 12.5. The molecule has 0 spiro atoms. The second kappa shape index (κ2) is 9.10. The number of carbonyl (C=O) groups excluding carboxylic acids is 2. The minimum atomic E-state index is -0.244. The quantitative estimate of drug-likeness (QED) is 0.799. The molecule has 1 aromatic heterocycles. The third-order valence-electron chi connectivity index (χ3n) is 3.99. The molecule has 26 heavy (non-hydrogen) atoms. The maximum Gasteiger partial charge on any atom is 0.251 e. The molecule has 2 rings (SSSR count). The lowest BCUT2D eigenvalue weighted by atomic mass is 10.1. The van der Waals surface area contributed by atoms with Crippen molar-refractivity contribution in [3.05, 3.63) is 58.9 Å². The number of carbonyl (C=O) groups is 2. The van der Waals surface area contributed by atoms with Crippen LogP contribution >= 0.6 is 0 Å². The van der Waals surface area contributed by atoms with Gasteiger partial charge in [0.2, 0.25) is 5.91 Å². The zero-order valence-corrected chi connectivity index (χ0v) is 15.6. The molecule has 138 valence electrons. The van der Waals surface area contributed by atoms with Gasteiger partial charge < -0.3 is 15.4 Å². The van der Waals surface area contributed by atoms with Crippen LogP contribution in [0.15, 0.2) is 36.5 Å². The van der Waals surface area contributed by atoms with E-state index in [2.05, 4.69) is 15.6 Å². The van der Waals surface area contributed by atoms with Crippen molar-refractivity contribution in [3.8, 4) is 0 Å². The van der Waals surface area contributed by atoms with Crippen LogP contribution in [0.4, 0.5) is 5.69 Å². The molecular weight excluding hydrogens is 330 g/mol. The fraction of sp³-hybridized carbons (Fsp3) is 0.350. The van der Waals surface area contributed by atoms with Crippen molar-refractivity contribution < 1.29 is 14.3 Å². The number of ether oxygens (including phenoxy) is 1. The fourth-order valence-electron chi connectivity index (χ4n) is 2.38. The molecule has 6 nitrogen and oxygen atoms in total. The minimum absolute atomic E-state index is 0.0101. The third kappa shape index (κ3) is 5.39. The van der Waals surface area contributed by atoms with Gasteiger partial charge in [0.1, 0.15) is 6.61 Å². The van der Waals surface area contributed by atoms with Crippen molar-refractivity contribution in [1.29, 1.82) is 0 Å². The molecule has 1 heterocycles. The summed E-state index contributed by atoms with van der Waals surface area (Å²) in [6.45, 7) is 7.99. The standard InChI is InChI=1S/C20H25N3O3/c1-5-26-12-19(24)23-18-10-16(8-6-13(18)2)20(25)22-15(4)17-9-7-14(3)21-11-17/h6-11,15H,5,12H2,1-4H3,(H,22,25)(H,23,24). The van der Waals surface area contributed by atoms with E-state index in [1.165, 1.54) is 0 Å². The molecule has 1 unspecified atom stereocenters.